The Bertz CT molecular complexity index is 2560. The molecule has 0 spiro atoms. The van der Waals surface area contributed by atoms with Crippen molar-refractivity contribution in [2.75, 3.05) is 11.4 Å². The SMILES string of the molecule is C=C1/C(c2nc(-c3ccccc3)cc(-c3ccccc3)n2)=C\C=C/CN(c2ccc3sc4ccccc4c3c2)c2cccc(-c3ccccc3)c21. The summed E-state index contributed by atoms with van der Waals surface area (Å²) in [5, 5.41) is 2.56. The molecule has 4 heteroatoms. The maximum Gasteiger partial charge on any atom is 0.161 e. The van der Waals surface area contributed by atoms with Crippen molar-refractivity contribution in [3.05, 3.63) is 194 Å². The second kappa shape index (κ2) is 13.2. The topological polar surface area (TPSA) is 29.0 Å². The fourth-order valence-electron chi connectivity index (χ4n) is 7.02. The van der Waals surface area contributed by atoms with Gasteiger partial charge in [-0.15, -0.1) is 11.3 Å². The summed E-state index contributed by atoms with van der Waals surface area (Å²) < 4.78 is 2.59. The van der Waals surface area contributed by atoms with Crippen molar-refractivity contribution in [2.45, 2.75) is 0 Å². The van der Waals surface area contributed by atoms with Gasteiger partial charge < -0.3 is 4.90 Å². The van der Waals surface area contributed by atoms with Crippen LogP contribution >= 0.6 is 11.3 Å². The van der Waals surface area contributed by atoms with E-state index in [1.54, 1.807) is 0 Å². The van der Waals surface area contributed by atoms with Gasteiger partial charge in [-0.2, -0.15) is 0 Å². The molecule has 0 aliphatic carbocycles. The van der Waals surface area contributed by atoms with E-state index in [2.05, 4.69) is 144 Å². The molecule has 0 radical (unpaired) electrons. The molecule has 51 heavy (non-hydrogen) atoms. The molecule has 9 rings (SSSR count). The quantitative estimate of drug-likeness (QED) is 0.182. The van der Waals surface area contributed by atoms with Crippen LogP contribution in [0.5, 0.6) is 0 Å². The van der Waals surface area contributed by atoms with Gasteiger partial charge in [-0.25, -0.2) is 9.97 Å². The van der Waals surface area contributed by atoms with Gasteiger partial charge in [-0.05, 0) is 53.1 Å². The highest BCUT2D eigenvalue weighted by Crippen LogP contribution is 2.45. The van der Waals surface area contributed by atoms with Gasteiger partial charge in [0.15, 0.2) is 5.82 Å². The van der Waals surface area contributed by atoms with E-state index < -0.39 is 0 Å². The predicted octanol–water partition coefficient (Wildman–Crippen LogP) is 12.7. The zero-order chi connectivity index (χ0) is 34.1. The first kappa shape index (κ1) is 30.7. The summed E-state index contributed by atoms with van der Waals surface area (Å²) in [6.45, 7) is 5.53. The number of aromatic nitrogens is 2. The minimum absolute atomic E-state index is 0.637. The number of hydrogen-bond acceptors (Lipinski definition) is 4. The molecule has 1 aliphatic heterocycles. The first-order valence-electron chi connectivity index (χ1n) is 17.2. The Kier molecular flexibility index (Phi) is 7.92. The van der Waals surface area contributed by atoms with Gasteiger partial charge in [0.05, 0.1) is 11.4 Å². The Hall–Kier alpha value is -6.36. The molecular formula is C47H33N3S. The predicted molar refractivity (Wildman–Crippen MR) is 217 cm³/mol. The van der Waals surface area contributed by atoms with Crippen molar-refractivity contribution in [2.24, 2.45) is 0 Å². The number of hydrogen-bond donors (Lipinski definition) is 0. The van der Waals surface area contributed by atoms with Crippen LogP contribution in [0.1, 0.15) is 11.4 Å². The Morgan fingerprint density at radius 1 is 0.569 bits per heavy atom. The van der Waals surface area contributed by atoms with Crippen LogP contribution in [0.4, 0.5) is 11.4 Å². The van der Waals surface area contributed by atoms with Gasteiger partial charge in [0.2, 0.25) is 0 Å². The standard InChI is InChI=1S/C47H33N3S/c1-32-37(47-48-41(34-18-7-3-8-19-34)31-42(49-47)35-20-9-4-10-21-35)22-13-14-29-50(43-25-15-24-38(46(32)43)33-16-5-2-6-17-33)36-27-28-45-40(30-36)39-23-11-12-26-44(39)51-45/h2-28,30-31H,1,29H2/b14-13-,37-22+. The van der Waals surface area contributed by atoms with E-state index in [1.165, 1.54) is 20.2 Å². The van der Waals surface area contributed by atoms with E-state index in [9.17, 15) is 0 Å². The zero-order valence-corrected chi connectivity index (χ0v) is 28.7. The van der Waals surface area contributed by atoms with Crippen LogP contribution in [-0.2, 0) is 0 Å². The summed E-state index contributed by atoms with van der Waals surface area (Å²) in [6.07, 6.45) is 6.47. The third-order valence-corrected chi connectivity index (χ3v) is 10.7. The van der Waals surface area contributed by atoms with E-state index in [-0.39, 0.29) is 0 Å². The molecule has 2 aromatic heterocycles. The molecule has 0 saturated heterocycles. The lowest BCUT2D eigenvalue weighted by atomic mass is 9.88. The molecule has 0 bridgehead atoms. The van der Waals surface area contributed by atoms with E-state index in [1.807, 2.05) is 47.7 Å². The number of rotatable bonds is 5. The molecule has 0 fully saturated rings. The van der Waals surface area contributed by atoms with E-state index >= 15 is 0 Å². The average Bonchev–Trinajstić information content (AvgIpc) is 3.60. The van der Waals surface area contributed by atoms with Gasteiger partial charge in [-0.3, -0.25) is 0 Å². The first-order chi connectivity index (χ1) is 25.2. The van der Waals surface area contributed by atoms with Gasteiger partial charge in [0.25, 0.3) is 0 Å². The number of benzene rings is 6. The molecule has 3 heterocycles. The van der Waals surface area contributed by atoms with Crippen LogP contribution in [0.25, 0.3) is 65.0 Å². The zero-order valence-electron chi connectivity index (χ0n) is 27.9. The van der Waals surface area contributed by atoms with Crippen molar-refractivity contribution < 1.29 is 0 Å². The minimum Gasteiger partial charge on any atom is -0.337 e. The van der Waals surface area contributed by atoms with E-state index in [4.69, 9.17) is 16.5 Å². The van der Waals surface area contributed by atoms with Crippen LogP contribution in [-0.4, -0.2) is 16.5 Å². The van der Waals surface area contributed by atoms with Crippen LogP contribution < -0.4 is 4.90 Å². The smallest absolute Gasteiger partial charge is 0.161 e. The second-order valence-corrected chi connectivity index (χ2v) is 13.7. The summed E-state index contributed by atoms with van der Waals surface area (Å²) in [5.74, 6) is 0.637. The van der Waals surface area contributed by atoms with Crippen molar-refractivity contribution in [1.82, 2.24) is 9.97 Å². The number of anilines is 2. The Labute approximate surface area is 301 Å². The van der Waals surface area contributed by atoms with Crippen LogP contribution in [0, 0.1) is 0 Å². The third-order valence-electron chi connectivity index (χ3n) is 9.51. The summed E-state index contributed by atoms with van der Waals surface area (Å²) in [5.41, 5.74) is 11.1. The number of nitrogens with zero attached hydrogens (tertiary/aromatic N) is 3. The van der Waals surface area contributed by atoms with Crippen molar-refractivity contribution >= 4 is 54.0 Å². The minimum atomic E-state index is 0.637. The molecule has 1 aliphatic rings. The molecule has 0 amide bonds. The van der Waals surface area contributed by atoms with E-state index in [0.29, 0.717) is 12.4 Å². The van der Waals surface area contributed by atoms with E-state index in [0.717, 1.165) is 61.7 Å². The van der Waals surface area contributed by atoms with Gasteiger partial charge >= 0.3 is 0 Å². The lowest BCUT2D eigenvalue weighted by molar-refractivity contribution is 1.10. The maximum atomic E-state index is 5.23. The summed E-state index contributed by atoms with van der Waals surface area (Å²) in [4.78, 5) is 12.9. The molecule has 3 nitrogen and oxygen atoms in total. The summed E-state index contributed by atoms with van der Waals surface area (Å²) >= 11 is 1.84. The molecule has 0 saturated carbocycles. The highest BCUT2D eigenvalue weighted by Gasteiger charge is 2.24. The van der Waals surface area contributed by atoms with Gasteiger partial charge in [0.1, 0.15) is 0 Å². The molecule has 0 atom stereocenters. The van der Waals surface area contributed by atoms with Crippen molar-refractivity contribution in [3.63, 3.8) is 0 Å². The monoisotopic (exact) mass is 671 g/mol. The average molecular weight is 672 g/mol. The lowest BCUT2D eigenvalue weighted by Gasteiger charge is -2.28. The lowest BCUT2D eigenvalue weighted by Crippen LogP contribution is -2.18. The van der Waals surface area contributed by atoms with Gasteiger partial charge in [-0.1, -0.05) is 146 Å². The summed E-state index contributed by atoms with van der Waals surface area (Å²) in [7, 11) is 0. The van der Waals surface area contributed by atoms with Crippen LogP contribution in [0.15, 0.2) is 183 Å². The van der Waals surface area contributed by atoms with Crippen molar-refractivity contribution in [3.8, 4) is 33.6 Å². The first-order valence-corrected chi connectivity index (χ1v) is 18.0. The number of fused-ring (bicyclic) bond motifs is 4. The molecule has 0 N–H and O–H groups in total. The Morgan fingerprint density at radius 3 is 1.90 bits per heavy atom. The third kappa shape index (κ3) is 5.76. The normalized spacial score (nSPS) is 14.7. The molecule has 0 unspecified atom stereocenters. The number of thiophene rings is 1. The van der Waals surface area contributed by atoms with Crippen LogP contribution in [0.2, 0.25) is 0 Å². The van der Waals surface area contributed by atoms with Crippen molar-refractivity contribution in [1.29, 1.82) is 0 Å². The Balaban J connectivity index is 1.25. The van der Waals surface area contributed by atoms with Gasteiger partial charge in [0, 0.05) is 60.4 Å². The summed E-state index contributed by atoms with van der Waals surface area (Å²) in [6, 6.07) is 55.4. The maximum absolute atomic E-state index is 5.23. The molecular weight excluding hydrogens is 639 g/mol. The largest absolute Gasteiger partial charge is 0.337 e. The fraction of sp³-hybridized carbons (Fsp3) is 0.0213. The second-order valence-electron chi connectivity index (χ2n) is 12.6. The molecule has 242 valence electrons. The van der Waals surface area contributed by atoms with Crippen LogP contribution in [0.3, 0.4) is 0 Å². The molecule has 8 aromatic rings. The highest BCUT2D eigenvalue weighted by molar-refractivity contribution is 7.25. The Morgan fingerprint density at radius 2 is 1.20 bits per heavy atom. The highest BCUT2D eigenvalue weighted by atomic mass is 32.1. The number of allylic oxidation sites excluding steroid dienone is 4. The molecule has 6 aromatic carbocycles. The fourth-order valence-corrected chi connectivity index (χ4v) is 8.11.